The maximum absolute atomic E-state index is 5.52. The van der Waals surface area contributed by atoms with Crippen molar-refractivity contribution in [2.45, 2.75) is 11.2 Å². The van der Waals surface area contributed by atoms with E-state index in [2.05, 4.69) is 0 Å². The summed E-state index contributed by atoms with van der Waals surface area (Å²) in [7, 11) is 1.70. The Morgan fingerprint density at radius 2 is 2.00 bits per heavy atom. The summed E-state index contributed by atoms with van der Waals surface area (Å²) in [6.07, 6.45) is 1.32. The van der Waals surface area contributed by atoms with E-state index in [0.29, 0.717) is 11.4 Å². The van der Waals surface area contributed by atoms with Gasteiger partial charge in [0.05, 0.1) is 13.2 Å². The minimum absolute atomic E-state index is 0.360. The Morgan fingerprint density at radius 3 is 2.64 bits per heavy atom. The van der Waals surface area contributed by atoms with Crippen LogP contribution in [-0.4, -0.2) is 36.6 Å². The van der Waals surface area contributed by atoms with Gasteiger partial charge >= 0.3 is 0 Å². The van der Waals surface area contributed by atoms with Gasteiger partial charge in [-0.2, -0.15) is 0 Å². The van der Waals surface area contributed by atoms with Gasteiger partial charge in [0.25, 0.3) is 0 Å². The first-order valence-electron chi connectivity index (χ1n) is 3.77. The minimum atomic E-state index is 0.360. The van der Waals surface area contributed by atoms with Crippen LogP contribution in [-0.2, 0) is 9.47 Å². The van der Waals surface area contributed by atoms with Crippen molar-refractivity contribution in [3.63, 3.8) is 0 Å². The molecule has 0 spiro atoms. The molecule has 0 aliphatic carbocycles. The second kappa shape index (κ2) is 6.17. The number of thioether (sulfide) groups is 2. The van der Waals surface area contributed by atoms with Crippen LogP contribution in [0.3, 0.4) is 0 Å². The smallest absolute Gasteiger partial charge is 0.149 e. The molecule has 0 unspecified atom stereocenters. The van der Waals surface area contributed by atoms with E-state index in [1.807, 2.05) is 23.5 Å². The average Bonchev–Trinajstić information content (AvgIpc) is 2.07. The summed E-state index contributed by atoms with van der Waals surface area (Å²) in [4.78, 5) is 0. The van der Waals surface area contributed by atoms with E-state index in [1.165, 1.54) is 17.9 Å². The minimum Gasteiger partial charge on any atom is -0.382 e. The molecule has 1 saturated heterocycles. The number of ether oxygens (including phenoxy) is 2. The van der Waals surface area contributed by atoms with Gasteiger partial charge in [-0.05, 0) is 17.9 Å². The van der Waals surface area contributed by atoms with Crippen molar-refractivity contribution < 1.29 is 9.47 Å². The highest BCUT2D eigenvalue weighted by atomic mass is 32.2. The molecule has 11 heavy (non-hydrogen) atoms. The van der Waals surface area contributed by atoms with Crippen molar-refractivity contribution in [3.8, 4) is 0 Å². The number of methoxy groups -OCH3 is 1. The van der Waals surface area contributed by atoms with Gasteiger partial charge in [-0.25, -0.2) is 0 Å². The quantitative estimate of drug-likeness (QED) is 0.635. The highest BCUT2D eigenvalue weighted by molar-refractivity contribution is 8.17. The summed E-state index contributed by atoms with van der Waals surface area (Å²) >= 11 is 3.80. The third-order valence-corrected chi connectivity index (χ3v) is 4.02. The molecule has 1 aliphatic heterocycles. The molecule has 1 heterocycles. The Balaban J connectivity index is 1.96. The summed E-state index contributed by atoms with van der Waals surface area (Å²) in [5.41, 5.74) is 0. The highest BCUT2D eigenvalue weighted by Crippen LogP contribution is 2.30. The van der Waals surface area contributed by atoms with E-state index in [4.69, 9.17) is 9.47 Å². The van der Waals surface area contributed by atoms with Crippen LogP contribution in [0, 0.1) is 0 Å². The molecule has 0 amide bonds. The summed E-state index contributed by atoms with van der Waals surface area (Å²) in [6.45, 7) is 1.43. The van der Waals surface area contributed by atoms with Crippen LogP contribution in [0.25, 0.3) is 0 Å². The van der Waals surface area contributed by atoms with Crippen LogP contribution >= 0.6 is 23.5 Å². The topological polar surface area (TPSA) is 18.5 Å². The zero-order valence-corrected chi connectivity index (χ0v) is 8.38. The Morgan fingerprint density at radius 1 is 1.27 bits per heavy atom. The summed E-state index contributed by atoms with van der Waals surface area (Å²) in [5, 5.41) is 0. The lowest BCUT2D eigenvalue weighted by Gasteiger charge is -2.20. The molecule has 0 aromatic carbocycles. The Bertz CT molecular complexity index is 94.4. The molecular weight excluding hydrogens is 180 g/mol. The Hall–Kier alpha value is 0.620. The van der Waals surface area contributed by atoms with Crippen molar-refractivity contribution in [2.24, 2.45) is 0 Å². The highest BCUT2D eigenvalue weighted by Gasteiger charge is 2.13. The van der Waals surface area contributed by atoms with Gasteiger partial charge in [0, 0.05) is 7.11 Å². The van der Waals surface area contributed by atoms with E-state index < -0.39 is 0 Å². The summed E-state index contributed by atoms with van der Waals surface area (Å²) in [6, 6.07) is 0. The van der Waals surface area contributed by atoms with Crippen LogP contribution in [0.2, 0.25) is 0 Å². The van der Waals surface area contributed by atoms with Crippen molar-refractivity contribution in [1.82, 2.24) is 0 Å². The third-order valence-electron chi connectivity index (χ3n) is 1.34. The molecule has 1 fully saturated rings. The Kier molecular flexibility index (Phi) is 5.45. The van der Waals surface area contributed by atoms with Crippen molar-refractivity contribution in [1.29, 1.82) is 0 Å². The molecule has 4 heteroatoms. The number of rotatable bonds is 4. The standard InChI is InChI=1S/C7H14O2S2/c1-8-3-4-9-7-10-5-2-6-11-7/h7H,2-6H2,1H3. The lowest BCUT2D eigenvalue weighted by molar-refractivity contribution is 0.0851. The van der Waals surface area contributed by atoms with E-state index in [0.717, 1.165) is 6.61 Å². The van der Waals surface area contributed by atoms with Crippen molar-refractivity contribution in [2.75, 3.05) is 31.8 Å². The van der Waals surface area contributed by atoms with Gasteiger partial charge in [0.1, 0.15) is 4.77 Å². The van der Waals surface area contributed by atoms with Crippen LogP contribution in [0.1, 0.15) is 6.42 Å². The largest absolute Gasteiger partial charge is 0.382 e. The second-order valence-corrected chi connectivity index (χ2v) is 4.89. The van der Waals surface area contributed by atoms with Gasteiger partial charge in [-0.15, -0.1) is 23.5 Å². The first kappa shape index (κ1) is 9.71. The Labute approximate surface area is 76.4 Å². The molecule has 1 aliphatic rings. The average molecular weight is 194 g/mol. The molecule has 0 atom stereocenters. The zero-order valence-electron chi connectivity index (χ0n) is 6.75. The summed E-state index contributed by atoms with van der Waals surface area (Å²) in [5.74, 6) is 2.48. The number of hydrogen-bond acceptors (Lipinski definition) is 4. The lowest BCUT2D eigenvalue weighted by atomic mass is 10.6. The molecule has 0 aromatic rings. The molecule has 1 rings (SSSR count). The van der Waals surface area contributed by atoms with Crippen molar-refractivity contribution >= 4 is 23.5 Å². The number of hydrogen-bond donors (Lipinski definition) is 0. The molecular formula is C7H14O2S2. The van der Waals surface area contributed by atoms with E-state index in [-0.39, 0.29) is 0 Å². The predicted octanol–water partition coefficient (Wildman–Crippen LogP) is 1.80. The fourth-order valence-corrected chi connectivity index (χ4v) is 3.33. The maximum atomic E-state index is 5.52. The first-order valence-corrected chi connectivity index (χ1v) is 5.87. The van der Waals surface area contributed by atoms with Crippen LogP contribution in [0.15, 0.2) is 0 Å². The monoisotopic (exact) mass is 194 g/mol. The van der Waals surface area contributed by atoms with Gasteiger partial charge in [-0.1, -0.05) is 0 Å². The fourth-order valence-electron chi connectivity index (χ4n) is 0.790. The van der Waals surface area contributed by atoms with Gasteiger partial charge in [0.15, 0.2) is 0 Å². The predicted molar refractivity (Wildman–Crippen MR) is 51.1 cm³/mol. The molecule has 66 valence electrons. The summed E-state index contributed by atoms with van der Waals surface area (Å²) < 4.78 is 10.8. The molecule has 0 aromatic heterocycles. The van der Waals surface area contributed by atoms with E-state index >= 15 is 0 Å². The van der Waals surface area contributed by atoms with Gasteiger partial charge < -0.3 is 9.47 Å². The molecule has 2 nitrogen and oxygen atoms in total. The lowest BCUT2D eigenvalue weighted by Crippen LogP contribution is -2.13. The van der Waals surface area contributed by atoms with Gasteiger partial charge in [-0.3, -0.25) is 0 Å². The normalized spacial score (nSPS) is 20.5. The van der Waals surface area contributed by atoms with Crippen molar-refractivity contribution in [3.05, 3.63) is 0 Å². The maximum Gasteiger partial charge on any atom is 0.149 e. The van der Waals surface area contributed by atoms with Crippen LogP contribution < -0.4 is 0 Å². The third kappa shape index (κ3) is 4.25. The molecule has 0 N–H and O–H groups in total. The van der Waals surface area contributed by atoms with Crippen LogP contribution in [0.4, 0.5) is 0 Å². The van der Waals surface area contributed by atoms with E-state index in [9.17, 15) is 0 Å². The van der Waals surface area contributed by atoms with Gasteiger partial charge in [0.2, 0.25) is 0 Å². The molecule has 0 bridgehead atoms. The second-order valence-electron chi connectivity index (χ2n) is 2.25. The SMILES string of the molecule is COCCOC1SCCCS1. The molecule has 0 radical (unpaired) electrons. The molecule has 0 saturated carbocycles. The first-order chi connectivity index (χ1) is 5.43. The zero-order chi connectivity index (χ0) is 7.94. The van der Waals surface area contributed by atoms with Crippen LogP contribution in [0.5, 0.6) is 0 Å². The fraction of sp³-hybridized carbons (Fsp3) is 1.00. The van der Waals surface area contributed by atoms with E-state index in [1.54, 1.807) is 7.11 Å².